The number of carbonyl (C=O) groups is 1. The van der Waals surface area contributed by atoms with E-state index in [1.165, 1.54) is 16.3 Å². The molecule has 158 valence electrons. The molecule has 0 saturated carbocycles. The van der Waals surface area contributed by atoms with E-state index >= 15 is 0 Å². The molecule has 1 fully saturated rings. The number of aliphatic imine (C=N–C) groups is 1. The van der Waals surface area contributed by atoms with Crippen molar-refractivity contribution in [2.75, 3.05) is 32.4 Å². The maximum atomic E-state index is 11.2. The third-order valence-electron chi connectivity index (χ3n) is 5.19. The summed E-state index contributed by atoms with van der Waals surface area (Å²) < 4.78 is 0. The molecule has 1 aliphatic rings. The minimum Gasteiger partial charge on any atom is -0.370 e. The molecule has 0 bridgehead atoms. The predicted molar refractivity (Wildman–Crippen MR) is 135 cm³/mol. The van der Waals surface area contributed by atoms with Gasteiger partial charge in [-0.1, -0.05) is 42.5 Å². The number of piperidine rings is 1. The number of hydrogen-bond acceptors (Lipinski definition) is 3. The second kappa shape index (κ2) is 12.3. The van der Waals surface area contributed by atoms with Gasteiger partial charge in [0.25, 0.3) is 0 Å². The predicted octanol–water partition coefficient (Wildman–Crippen LogP) is 3.85. The van der Waals surface area contributed by atoms with Crippen molar-refractivity contribution in [2.24, 2.45) is 16.6 Å². The Bertz CT molecular complexity index is 824. The average molecular weight is 526 g/mol. The van der Waals surface area contributed by atoms with Crippen LogP contribution in [0.2, 0.25) is 0 Å². The highest BCUT2D eigenvalue weighted by Crippen LogP contribution is 2.22. The van der Waals surface area contributed by atoms with Crippen LogP contribution in [-0.4, -0.2) is 49.2 Å². The molecule has 0 radical (unpaired) electrons. The van der Waals surface area contributed by atoms with Crippen LogP contribution in [0.4, 0.5) is 0 Å². The number of benzene rings is 2. The highest BCUT2D eigenvalue weighted by Gasteiger charge is 2.23. The van der Waals surface area contributed by atoms with E-state index in [1.54, 1.807) is 0 Å². The molecule has 1 atom stereocenters. The molecule has 1 unspecified atom stereocenters. The molecule has 2 aromatic carbocycles. The van der Waals surface area contributed by atoms with Gasteiger partial charge in [0.2, 0.25) is 5.91 Å². The number of halogens is 1. The van der Waals surface area contributed by atoms with Crippen molar-refractivity contribution in [3.8, 4) is 0 Å². The van der Waals surface area contributed by atoms with E-state index in [1.807, 2.05) is 18.8 Å². The number of nitrogens with two attached hydrogens (primary N) is 1. The number of carbonyl (C=O) groups excluding carboxylic acids is 1. The topological polar surface area (TPSA) is 70.7 Å². The Balaban J connectivity index is 0.00000300. The van der Waals surface area contributed by atoms with Gasteiger partial charge in [-0.2, -0.15) is 11.8 Å². The fourth-order valence-electron chi connectivity index (χ4n) is 3.88. The summed E-state index contributed by atoms with van der Waals surface area (Å²) in [5, 5.41) is 6.12. The monoisotopic (exact) mass is 526 g/mol. The second-order valence-electron chi connectivity index (χ2n) is 7.29. The first-order valence-electron chi connectivity index (χ1n) is 9.95. The van der Waals surface area contributed by atoms with Gasteiger partial charge in [0.15, 0.2) is 5.96 Å². The molecular weight excluding hydrogens is 495 g/mol. The highest BCUT2D eigenvalue weighted by atomic mass is 127. The molecule has 1 aliphatic heterocycles. The Hall–Kier alpha value is -1.48. The van der Waals surface area contributed by atoms with Crippen molar-refractivity contribution < 1.29 is 4.79 Å². The van der Waals surface area contributed by atoms with Crippen LogP contribution < -0.4 is 11.1 Å². The number of likely N-dealkylation sites (tertiary alicyclic amines) is 1. The third-order valence-corrected chi connectivity index (χ3v) is 6.20. The van der Waals surface area contributed by atoms with Gasteiger partial charge in [-0.3, -0.25) is 9.79 Å². The molecule has 3 rings (SSSR count). The van der Waals surface area contributed by atoms with Crippen LogP contribution in [0.25, 0.3) is 10.8 Å². The third kappa shape index (κ3) is 7.06. The van der Waals surface area contributed by atoms with E-state index in [0.29, 0.717) is 12.3 Å². The molecule has 1 heterocycles. The number of amides is 1. The molecule has 0 spiro atoms. The summed E-state index contributed by atoms with van der Waals surface area (Å²) in [6, 6.07) is 15.1. The molecule has 7 heteroatoms. The lowest BCUT2D eigenvalue weighted by molar-refractivity contribution is -0.119. The summed E-state index contributed by atoms with van der Waals surface area (Å²) in [5.74, 6) is 3.08. The number of rotatable bonds is 7. The van der Waals surface area contributed by atoms with Crippen molar-refractivity contribution in [2.45, 2.75) is 25.0 Å². The van der Waals surface area contributed by atoms with Crippen LogP contribution in [-0.2, 0) is 10.5 Å². The van der Waals surface area contributed by atoms with E-state index in [0.717, 1.165) is 49.9 Å². The van der Waals surface area contributed by atoms with Crippen molar-refractivity contribution in [3.63, 3.8) is 0 Å². The molecule has 2 aromatic rings. The Morgan fingerprint density at radius 2 is 2.07 bits per heavy atom. The highest BCUT2D eigenvalue weighted by molar-refractivity contribution is 14.0. The number of thioether (sulfide) groups is 1. The lowest BCUT2D eigenvalue weighted by Gasteiger charge is -2.34. The Labute approximate surface area is 194 Å². The minimum absolute atomic E-state index is 0. The van der Waals surface area contributed by atoms with E-state index in [2.05, 4.69) is 57.7 Å². The summed E-state index contributed by atoms with van der Waals surface area (Å²) in [4.78, 5) is 17.9. The molecule has 0 aromatic heterocycles. The molecule has 29 heavy (non-hydrogen) atoms. The summed E-state index contributed by atoms with van der Waals surface area (Å²) in [6.07, 6.45) is 2.61. The lowest BCUT2D eigenvalue weighted by atomic mass is 9.95. The number of nitrogens with zero attached hydrogens (tertiary/aromatic N) is 2. The van der Waals surface area contributed by atoms with Crippen molar-refractivity contribution in [3.05, 3.63) is 48.0 Å². The number of fused-ring (bicyclic) bond motifs is 1. The molecule has 1 amide bonds. The van der Waals surface area contributed by atoms with Crippen LogP contribution in [0.1, 0.15) is 24.8 Å². The summed E-state index contributed by atoms with van der Waals surface area (Å²) in [6.45, 7) is 2.71. The number of primary amides is 1. The van der Waals surface area contributed by atoms with Gasteiger partial charge >= 0.3 is 0 Å². The van der Waals surface area contributed by atoms with Gasteiger partial charge in [0.05, 0.1) is 0 Å². The van der Waals surface area contributed by atoms with Crippen LogP contribution in [0.3, 0.4) is 0 Å². The van der Waals surface area contributed by atoms with Gasteiger partial charge in [0.1, 0.15) is 0 Å². The van der Waals surface area contributed by atoms with E-state index in [9.17, 15) is 4.79 Å². The molecular formula is C22H31IN4OS. The van der Waals surface area contributed by atoms with Gasteiger partial charge in [0, 0.05) is 44.6 Å². The summed E-state index contributed by atoms with van der Waals surface area (Å²) >= 11 is 1.93. The van der Waals surface area contributed by atoms with Gasteiger partial charge in [-0.25, -0.2) is 0 Å². The smallest absolute Gasteiger partial charge is 0.217 e. The second-order valence-corrected chi connectivity index (χ2v) is 8.39. The van der Waals surface area contributed by atoms with Crippen LogP contribution in [0, 0.1) is 5.92 Å². The van der Waals surface area contributed by atoms with Crippen molar-refractivity contribution in [1.29, 1.82) is 0 Å². The molecule has 5 nitrogen and oxygen atoms in total. The zero-order valence-corrected chi connectivity index (χ0v) is 20.1. The normalized spacial score (nSPS) is 17.1. The lowest BCUT2D eigenvalue weighted by Crippen LogP contribution is -2.47. The summed E-state index contributed by atoms with van der Waals surface area (Å²) in [5.41, 5.74) is 6.75. The Morgan fingerprint density at radius 1 is 1.28 bits per heavy atom. The summed E-state index contributed by atoms with van der Waals surface area (Å²) in [7, 11) is 1.82. The van der Waals surface area contributed by atoms with Gasteiger partial charge < -0.3 is 16.0 Å². The quantitative estimate of drug-likeness (QED) is 0.249. The standard InChI is InChI=1S/C22H30N4OS.HI/c1-24-22(26-12-5-6-17(15-26)14-21(23)27)25-11-13-28-16-19-9-4-8-18-7-2-3-10-20(18)19;/h2-4,7-10,17H,5-6,11-16H2,1H3,(H2,23,27)(H,24,25);1H. The van der Waals surface area contributed by atoms with Crippen LogP contribution in [0.15, 0.2) is 47.5 Å². The van der Waals surface area contributed by atoms with Crippen molar-refractivity contribution >= 4 is 58.4 Å². The Kier molecular flexibility index (Phi) is 10.1. The van der Waals surface area contributed by atoms with Crippen molar-refractivity contribution in [1.82, 2.24) is 10.2 Å². The maximum Gasteiger partial charge on any atom is 0.217 e. The van der Waals surface area contributed by atoms with E-state index in [4.69, 9.17) is 5.73 Å². The fraction of sp³-hybridized carbons (Fsp3) is 0.455. The zero-order valence-electron chi connectivity index (χ0n) is 17.0. The SMILES string of the molecule is CN=C(NCCSCc1cccc2ccccc12)N1CCCC(CC(N)=O)C1.I. The maximum absolute atomic E-state index is 11.2. The number of nitrogens with one attached hydrogen (secondary N) is 1. The zero-order chi connectivity index (χ0) is 19.8. The van der Waals surface area contributed by atoms with Gasteiger partial charge in [-0.15, -0.1) is 24.0 Å². The largest absolute Gasteiger partial charge is 0.370 e. The molecule has 0 aliphatic carbocycles. The van der Waals surface area contributed by atoms with E-state index < -0.39 is 0 Å². The van der Waals surface area contributed by atoms with E-state index in [-0.39, 0.29) is 29.9 Å². The first kappa shape index (κ1) is 23.8. The minimum atomic E-state index is -0.209. The number of guanidine groups is 1. The molecule has 3 N–H and O–H groups in total. The average Bonchev–Trinajstić information content (AvgIpc) is 2.70. The number of hydrogen-bond donors (Lipinski definition) is 2. The first-order valence-corrected chi connectivity index (χ1v) is 11.1. The molecule has 1 saturated heterocycles. The van der Waals surface area contributed by atoms with Crippen LogP contribution >= 0.6 is 35.7 Å². The Morgan fingerprint density at radius 3 is 2.86 bits per heavy atom. The van der Waals surface area contributed by atoms with Gasteiger partial charge in [-0.05, 0) is 35.1 Å². The first-order chi connectivity index (χ1) is 13.7. The fourth-order valence-corrected chi connectivity index (χ4v) is 4.74. The van der Waals surface area contributed by atoms with Crippen LogP contribution in [0.5, 0.6) is 0 Å².